The zero-order valence-corrected chi connectivity index (χ0v) is 20.6. The molecule has 0 N–H and O–H groups in total. The van der Waals surface area contributed by atoms with Gasteiger partial charge in [0, 0.05) is 11.1 Å². The number of benzene rings is 5. The van der Waals surface area contributed by atoms with Crippen molar-refractivity contribution in [1.29, 1.82) is 0 Å². The fourth-order valence-corrected chi connectivity index (χ4v) is 5.81. The monoisotopic (exact) mass is 584 g/mol. The van der Waals surface area contributed by atoms with Crippen LogP contribution in [0.5, 0.6) is 0 Å². The molecule has 0 saturated heterocycles. The molecule has 208 valence electrons. The Morgan fingerprint density at radius 3 is 1.19 bits per heavy atom. The molecule has 42 heavy (non-hydrogen) atoms. The van der Waals surface area contributed by atoms with Crippen molar-refractivity contribution in [2.24, 2.45) is 0 Å². The molecule has 0 nitrogen and oxygen atoms in total. The molecule has 0 saturated carbocycles. The maximum Gasteiger partial charge on any atom is 0.200 e. The molecule has 0 bridgehead atoms. The molecule has 10 heteroatoms. The van der Waals surface area contributed by atoms with Crippen molar-refractivity contribution < 1.29 is 43.9 Å². The molecule has 0 aromatic heterocycles. The molecule has 2 aliphatic rings. The van der Waals surface area contributed by atoms with E-state index in [1.807, 2.05) is 0 Å². The van der Waals surface area contributed by atoms with Gasteiger partial charge in [-0.3, -0.25) is 0 Å². The molecule has 0 aliphatic heterocycles. The number of hydrogen-bond donors (Lipinski definition) is 0. The van der Waals surface area contributed by atoms with Crippen molar-refractivity contribution in [3.05, 3.63) is 162 Å². The highest BCUT2D eigenvalue weighted by Crippen LogP contribution is 2.41. The number of halogens is 10. The van der Waals surface area contributed by atoms with Crippen LogP contribution in [0.4, 0.5) is 43.9 Å². The first-order chi connectivity index (χ1) is 20.0. The molecule has 0 fully saturated rings. The molecule has 5 aromatic carbocycles. The van der Waals surface area contributed by atoms with E-state index in [-0.39, 0.29) is 32.3 Å². The summed E-state index contributed by atoms with van der Waals surface area (Å²) in [6.45, 7) is 0. The first-order valence-electron chi connectivity index (χ1n) is 12.2. The molecule has 2 aliphatic carbocycles. The van der Waals surface area contributed by atoms with Crippen LogP contribution in [0, 0.1) is 68.6 Å². The molecule has 7 rings (SSSR count). The second-order valence-electron chi connectivity index (χ2n) is 9.67. The SMILES string of the molecule is Fc1c(F)c(F)c(C2=c3cc4c(cc3-c3ccccc32)=c2ccccc2=C4c2c(F)c(F)c(F)c(F)c2F)c(F)c1F. The van der Waals surface area contributed by atoms with Gasteiger partial charge in [0.25, 0.3) is 0 Å². The van der Waals surface area contributed by atoms with Crippen LogP contribution < -0.4 is 10.4 Å². The van der Waals surface area contributed by atoms with Crippen molar-refractivity contribution in [2.45, 2.75) is 0 Å². The minimum atomic E-state index is -2.35. The van der Waals surface area contributed by atoms with Crippen LogP contribution in [-0.2, 0) is 0 Å². The van der Waals surface area contributed by atoms with Gasteiger partial charge in [0.1, 0.15) is 0 Å². The number of hydrogen-bond acceptors (Lipinski definition) is 0. The van der Waals surface area contributed by atoms with Gasteiger partial charge in [-0.2, -0.15) is 0 Å². The van der Waals surface area contributed by atoms with Crippen LogP contribution in [0.1, 0.15) is 22.3 Å². The molecular weight excluding hydrogens is 574 g/mol. The highest BCUT2D eigenvalue weighted by atomic mass is 19.2. The predicted molar refractivity (Wildman–Crippen MR) is 131 cm³/mol. The fourth-order valence-electron chi connectivity index (χ4n) is 5.81. The Kier molecular flexibility index (Phi) is 5.47. The second kappa shape index (κ2) is 8.82. The van der Waals surface area contributed by atoms with Gasteiger partial charge in [-0.1, -0.05) is 48.5 Å². The topological polar surface area (TPSA) is 0 Å². The molecule has 0 heterocycles. The summed E-state index contributed by atoms with van der Waals surface area (Å²) in [5.41, 5.74) is -2.59. The number of rotatable bonds is 2. The Labute approximate surface area is 228 Å². The maximum atomic E-state index is 15.1. The second-order valence-corrected chi connectivity index (χ2v) is 9.67. The summed E-state index contributed by atoms with van der Waals surface area (Å²) in [5.74, 6) is -21.8. The van der Waals surface area contributed by atoms with Gasteiger partial charge in [0.2, 0.25) is 11.6 Å². The molecule has 0 atom stereocenters. The van der Waals surface area contributed by atoms with Gasteiger partial charge in [0.15, 0.2) is 46.5 Å². The maximum absolute atomic E-state index is 15.1. The smallest absolute Gasteiger partial charge is 0.200 e. The van der Waals surface area contributed by atoms with E-state index in [0.29, 0.717) is 10.8 Å². The summed E-state index contributed by atoms with van der Waals surface area (Å²) in [7, 11) is 0. The summed E-state index contributed by atoms with van der Waals surface area (Å²) < 4.78 is 146. The van der Waals surface area contributed by atoms with E-state index in [9.17, 15) is 26.3 Å². The molecule has 0 radical (unpaired) electrons. The van der Waals surface area contributed by atoms with Gasteiger partial charge in [-0.15, -0.1) is 0 Å². The van der Waals surface area contributed by atoms with E-state index in [1.165, 1.54) is 36.4 Å². The third kappa shape index (κ3) is 3.20. The van der Waals surface area contributed by atoms with Crippen LogP contribution in [0.3, 0.4) is 0 Å². The zero-order valence-electron chi connectivity index (χ0n) is 20.6. The molecule has 0 unspecified atom stereocenters. The van der Waals surface area contributed by atoms with Crippen LogP contribution in [0.25, 0.3) is 22.3 Å². The van der Waals surface area contributed by atoms with Crippen molar-refractivity contribution in [3.63, 3.8) is 0 Å². The average molecular weight is 584 g/mol. The first kappa shape index (κ1) is 26.1. The van der Waals surface area contributed by atoms with Gasteiger partial charge < -0.3 is 0 Å². The predicted octanol–water partition coefficient (Wildman–Crippen LogP) is 7.15. The van der Waals surface area contributed by atoms with E-state index in [0.717, 1.165) is 0 Å². The Morgan fingerprint density at radius 2 is 0.667 bits per heavy atom. The molecular formula is C32H10F10. The molecule has 0 amide bonds. The lowest BCUT2D eigenvalue weighted by Gasteiger charge is -2.13. The van der Waals surface area contributed by atoms with E-state index < -0.39 is 80.4 Å². The normalized spacial score (nSPS) is 12.9. The Morgan fingerprint density at radius 1 is 0.286 bits per heavy atom. The van der Waals surface area contributed by atoms with Crippen LogP contribution >= 0.6 is 0 Å². The highest BCUT2D eigenvalue weighted by molar-refractivity contribution is 5.97. The largest absolute Gasteiger partial charge is 0.203 e. The minimum Gasteiger partial charge on any atom is -0.203 e. The summed E-state index contributed by atoms with van der Waals surface area (Å²) >= 11 is 0. The number of fused-ring (bicyclic) bond motifs is 5. The lowest BCUT2D eigenvalue weighted by atomic mass is 9.93. The Hall–Kier alpha value is -4.86. The summed E-state index contributed by atoms with van der Waals surface area (Å²) in [4.78, 5) is 0. The third-order valence-corrected chi connectivity index (χ3v) is 7.59. The summed E-state index contributed by atoms with van der Waals surface area (Å²) in [5, 5.41) is 0.672. The van der Waals surface area contributed by atoms with Crippen LogP contribution in [0.2, 0.25) is 0 Å². The zero-order chi connectivity index (χ0) is 29.8. The summed E-state index contributed by atoms with van der Waals surface area (Å²) in [6.07, 6.45) is 0. The Balaban J connectivity index is 1.69. The highest BCUT2D eigenvalue weighted by Gasteiger charge is 2.34. The Bertz CT molecular complexity index is 2250. The summed E-state index contributed by atoms with van der Waals surface area (Å²) in [6, 6.07) is 14.7. The molecule has 5 aromatic rings. The van der Waals surface area contributed by atoms with E-state index in [2.05, 4.69) is 0 Å². The lowest BCUT2D eigenvalue weighted by Crippen LogP contribution is -2.15. The third-order valence-electron chi connectivity index (χ3n) is 7.59. The first-order valence-corrected chi connectivity index (χ1v) is 12.2. The van der Waals surface area contributed by atoms with E-state index in [1.54, 1.807) is 24.3 Å². The van der Waals surface area contributed by atoms with Crippen LogP contribution in [0.15, 0.2) is 60.7 Å². The van der Waals surface area contributed by atoms with Crippen molar-refractivity contribution in [1.82, 2.24) is 0 Å². The van der Waals surface area contributed by atoms with Crippen molar-refractivity contribution in [2.75, 3.05) is 0 Å². The van der Waals surface area contributed by atoms with Gasteiger partial charge >= 0.3 is 0 Å². The van der Waals surface area contributed by atoms with E-state index >= 15 is 17.6 Å². The van der Waals surface area contributed by atoms with Gasteiger partial charge in [0.05, 0.1) is 11.1 Å². The molecule has 0 spiro atoms. The van der Waals surface area contributed by atoms with Crippen molar-refractivity contribution >= 4 is 11.1 Å². The standard InChI is InChI=1S/C32H10F10/c33-23-21(24(34)28(38)31(41)27(23)37)19-13-7-3-1-5-11(13)15-9-16-12-6-2-4-8-14(12)20(18(16)10-17(15)19)22-25(35)29(39)32(42)30(40)26(22)36/h1-10H. The van der Waals surface area contributed by atoms with Gasteiger partial charge in [-0.25, -0.2) is 43.9 Å². The van der Waals surface area contributed by atoms with Crippen LogP contribution in [-0.4, -0.2) is 0 Å². The lowest BCUT2D eigenvalue weighted by molar-refractivity contribution is 0.376. The fraction of sp³-hybridized carbons (Fsp3) is 0. The minimum absolute atomic E-state index is 0.0765. The quantitative estimate of drug-likeness (QED) is 0.115. The van der Waals surface area contributed by atoms with Gasteiger partial charge in [-0.05, 0) is 55.3 Å². The van der Waals surface area contributed by atoms with E-state index in [4.69, 9.17) is 0 Å². The van der Waals surface area contributed by atoms with Crippen molar-refractivity contribution in [3.8, 4) is 11.1 Å². The average Bonchev–Trinajstić information content (AvgIpc) is 3.49.